The van der Waals surface area contributed by atoms with Crippen LogP contribution in [-0.2, 0) is 17.6 Å². The maximum absolute atomic E-state index is 12.6. The van der Waals surface area contributed by atoms with Crippen molar-refractivity contribution in [2.24, 2.45) is 0 Å². The van der Waals surface area contributed by atoms with Crippen LogP contribution in [0.5, 0.6) is 0 Å². The molecule has 0 unspecified atom stereocenters. The van der Waals surface area contributed by atoms with Crippen LogP contribution in [0.3, 0.4) is 0 Å². The highest BCUT2D eigenvalue weighted by Crippen LogP contribution is 2.24. The molecule has 1 heterocycles. The van der Waals surface area contributed by atoms with Crippen molar-refractivity contribution in [2.45, 2.75) is 37.3 Å². The molecule has 0 saturated heterocycles. The Kier molecular flexibility index (Phi) is 5.00. The first-order valence-electron chi connectivity index (χ1n) is 7.96. The van der Waals surface area contributed by atoms with Crippen LogP contribution in [-0.4, -0.2) is 29.1 Å². The van der Waals surface area contributed by atoms with Crippen LogP contribution in [0, 0.1) is 0 Å². The van der Waals surface area contributed by atoms with Gasteiger partial charge in [0.15, 0.2) is 6.10 Å². The third-order valence-corrected chi connectivity index (χ3v) is 4.93. The smallest absolute Gasteiger partial charge is 0.341 e. The molecule has 0 radical (unpaired) electrons. The van der Waals surface area contributed by atoms with Gasteiger partial charge in [0.05, 0.1) is 5.56 Å². The van der Waals surface area contributed by atoms with Gasteiger partial charge in [-0.15, -0.1) is 11.8 Å². The zero-order valence-electron chi connectivity index (χ0n) is 13.7. The fourth-order valence-electron chi connectivity index (χ4n) is 2.95. The van der Waals surface area contributed by atoms with Crippen LogP contribution in [0.15, 0.2) is 41.6 Å². The molecule has 0 N–H and O–H groups in total. The predicted molar refractivity (Wildman–Crippen MR) is 93.7 cm³/mol. The van der Waals surface area contributed by atoms with E-state index in [-0.39, 0.29) is 5.78 Å². The normalized spacial score (nSPS) is 14.1. The Bertz CT molecular complexity index is 788. The van der Waals surface area contributed by atoms with Crippen LogP contribution in [0.2, 0.25) is 0 Å². The van der Waals surface area contributed by atoms with Crippen molar-refractivity contribution in [3.05, 3.63) is 58.8 Å². The molecule has 4 nitrogen and oxygen atoms in total. The standard InChI is InChI=1S/C19H19NO3S/c1-12(23-19(22)16-7-4-10-20-18(16)24-2)17(21)15-9-8-13-5-3-6-14(13)11-15/h4,7-12H,3,5-6H2,1-2H3/t12-/m1/s1. The summed E-state index contributed by atoms with van der Waals surface area (Å²) in [5, 5.41) is 0.597. The molecule has 1 atom stereocenters. The van der Waals surface area contributed by atoms with Gasteiger partial charge in [-0.25, -0.2) is 9.78 Å². The lowest BCUT2D eigenvalue weighted by Crippen LogP contribution is -2.25. The molecule has 0 bridgehead atoms. The van der Waals surface area contributed by atoms with Crippen LogP contribution in [0.25, 0.3) is 0 Å². The lowest BCUT2D eigenvalue weighted by atomic mass is 10.0. The Balaban J connectivity index is 1.73. The maximum Gasteiger partial charge on any atom is 0.341 e. The number of ether oxygens (including phenoxy) is 1. The van der Waals surface area contributed by atoms with Crippen LogP contribution in [0.1, 0.15) is 45.2 Å². The third kappa shape index (κ3) is 3.36. The van der Waals surface area contributed by atoms with Gasteiger partial charge in [0.25, 0.3) is 0 Å². The largest absolute Gasteiger partial charge is 0.451 e. The van der Waals surface area contributed by atoms with Crippen molar-refractivity contribution in [1.82, 2.24) is 4.98 Å². The molecule has 3 rings (SSSR count). The Morgan fingerprint density at radius 1 is 1.21 bits per heavy atom. The molecule has 0 fully saturated rings. The molecule has 124 valence electrons. The monoisotopic (exact) mass is 341 g/mol. The molecular weight excluding hydrogens is 322 g/mol. The molecule has 0 aliphatic heterocycles. The fourth-order valence-corrected chi connectivity index (χ4v) is 3.48. The van der Waals surface area contributed by atoms with Crippen molar-refractivity contribution in [3.63, 3.8) is 0 Å². The highest BCUT2D eigenvalue weighted by molar-refractivity contribution is 7.98. The molecule has 0 spiro atoms. The van der Waals surface area contributed by atoms with Crippen LogP contribution >= 0.6 is 11.8 Å². The molecular formula is C19H19NO3S. The zero-order chi connectivity index (χ0) is 17.1. The number of thioether (sulfide) groups is 1. The number of rotatable bonds is 5. The minimum atomic E-state index is -0.827. The van der Waals surface area contributed by atoms with Gasteiger partial charge in [0.2, 0.25) is 5.78 Å². The molecule has 1 aromatic heterocycles. The third-order valence-electron chi connectivity index (χ3n) is 4.22. The molecule has 1 aromatic carbocycles. The summed E-state index contributed by atoms with van der Waals surface area (Å²) in [6.45, 7) is 1.61. The van der Waals surface area contributed by atoms with Gasteiger partial charge in [-0.3, -0.25) is 4.79 Å². The van der Waals surface area contributed by atoms with Gasteiger partial charge >= 0.3 is 5.97 Å². The molecule has 5 heteroatoms. The number of hydrogen-bond donors (Lipinski definition) is 0. The van der Waals surface area contributed by atoms with E-state index in [4.69, 9.17) is 4.74 Å². The van der Waals surface area contributed by atoms with Gasteiger partial charge in [-0.05, 0) is 61.8 Å². The first-order valence-corrected chi connectivity index (χ1v) is 9.18. The maximum atomic E-state index is 12.6. The predicted octanol–water partition coefficient (Wildman–Crippen LogP) is 3.72. The molecule has 1 aliphatic rings. The fraction of sp³-hybridized carbons (Fsp3) is 0.316. The number of esters is 1. The van der Waals surface area contributed by atoms with Gasteiger partial charge in [0, 0.05) is 11.8 Å². The van der Waals surface area contributed by atoms with Crippen molar-refractivity contribution in [1.29, 1.82) is 0 Å². The van der Waals surface area contributed by atoms with E-state index in [1.165, 1.54) is 22.9 Å². The first-order chi connectivity index (χ1) is 11.6. The van der Waals surface area contributed by atoms with E-state index in [2.05, 4.69) is 4.98 Å². The van der Waals surface area contributed by atoms with Crippen LogP contribution in [0.4, 0.5) is 0 Å². The molecule has 0 saturated carbocycles. The minimum absolute atomic E-state index is 0.173. The number of aromatic nitrogens is 1. The summed E-state index contributed by atoms with van der Waals surface area (Å²) in [5.74, 6) is -0.692. The minimum Gasteiger partial charge on any atom is -0.451 e. The number of Topliss-reactive ketones (excluding diaryl/α,β-unsaturated/α-hetero) is 1. The number of aryl methyl sites for hydroxylation is 2. The van der Waals surface area contributed by atoms with E-state index >= 15 is 0 Å². The van der Waals surface area contributed by atoms with Gasteiger partial charge in [0.1, 0.15) is 5.03 Å². The van der Waals surface area contributed by atoms with E-state index in [1.54, 1.807) is 25.3 Å². The van der Waals surface area contributed by atoms with E-state index in [9.17, 15) is 9.59 Å². The van der Waals surface area contributed by atoms with E-state index in [0.717, 1.165) is 19.3 Å². The second kappa shape index (κ2) is 7.18. The summed E-state index contributed by atoms with van der Waals surface area (Å²) in [7, 11) is 0. The number of benzene rings is 1. The summed E-state index contributed by atoms with van der Waals surface area (Å²) < 4.78 is 5.37. The SMILES string of the molecule is CSc1ncccc1C(=O)O[C@H](C)C(=O)c1ccc2c(c1)CCC2. The molecule has 24 heavy (non-hydrogen) atoms. The summed E-state index contributed by atoms with van der Waals surface area (Å²) in [6.07, 6.45) is 5.87. The summed E-state index contributed by atoms with van der Waals surface area (Å²) in [4.78, 5) is 29.0. The highest BCUT2D eigenvalue weighted by Gasteiger charge is 2.23. The summed E-state index contributed by atoms with van der Waals surface area (Å²) in [6, 6.07) is 9.12. The number of ketones is 1. The lowest BCUT2D eigenvalue weighted by Gasteiger charge is -2.14. The van der Waals surface area contributed by atoms with Crippen molar-refractivity contribution >= 4 is 23.5 Å². The number of nitrogens with zero attached hydrogens (tertiary/aromatic N) is 1. The number of pyridine rings is 1. The van der Waals surface area contributed by atoms with Crippen molar-refractivity contribution in [2.75, 3.05) is 6.26 Å². The number of carbonyl (C=O) groups excluding carboxylic acids is 2. The quantitative estimate of drug-likeness (QED) is 0.471. The van der Waals surface area contributed by atoms with Gasteiger partial charge in [-0.2, -0.15) is 0 Å². The molecule has 2 aromatic rings. The topological polar surface area (TPSA) is 56.3 Å². The first kappa shape index (κ1) is 16.7. The van der Waals surface area contributed by atoms with Crippen molar-refractivity contribution in [3.8, 4) is 0 Å². The molecule has 1 aliphatic carbocycles. The Morgan fingerprint density at radius 3 is 2.79 bits per heavy atom. The van der Waals surface area contributed by atoms with Gasteiger partial charge in [-0.1, -0.05) is 12.1 Å². The van der Waals surface area contributed by atoms with E-state index in [1.807, 2.05) is 24.5 Å². The second-order valence-corrected chi connectivity index (χ2v) is 6.60. The van der Waals surface area contributed by atoms with Crippen LogP contribution < -0.4 is 0 Å². The lowest BCUT2D eigenvalue weighted by molar-refractivity contribution is 0.0314. The summed E-state index contributed by atoms with van der Waals surface area (Å²) >= 11 is 1.37. The second-order valence-electron chi connectivity index (χ2n) is 5.81. The Labute approximate surface area is 145 Å². The van der Waals surface area contributed by atoms with E-state index in [0.29, 0.717) is 16.2 Å². The average Bonchev–Trinajstić information content (AvgIpc) is 3.08. The number of carbonyl (C=O) groups is 2. The Morgan fingerprint density at radius 2 is 2.00 bits per heavy atom. The average molecular weight is 341 g/mol. The van der Waals surface area contributed by atoms with Crippen molar-refractivity contribution < 1.29 is 14.3 Å². The van der Waals surface area contributed by atoms with E-state index < -0.39 is 12.1 Å². The number of hydrogen-bond acceptors (Lipinski definition) is 5. The Hall–Kier alpha value is -2.14. The highest BCUT2D eigenvalue weighted by atomic mass is 32.2. The van der Waals surface area contributed by atoms with Gasteiger partial charge < -0.3 is 4.74 Å². The zero-order valence-corrected chi connectivity index (χ0v) is 14.6. The summed E-state index contributed by atoms with van der Waals surface area (Å²) in [5.41, 5.74) is 3.54. The molecule has 0 amide bonds. The number of fused-ring (bicyclic) bond motifs is 1.